The number of sulfonamides is 1. The Morgan fingerprint density at radius 2 is 1.74 bits per heavy atom. The molecule has 1 saturated heterocycles. The third-order valence-corrected chi connectivity index (χ3v) is 7.91. The molecule has 2 amide bonds. The van der Waals surface area contributed by atoms with Gasteiger partial charge in [-0.25, -0.2) is 8.42 Å². The first-order chi connectivity index (χ1) is 14.7. The van der Waals surface area contributed by atoms with Crippen LogP contribution in [0, 0.1) is 13.8 Å². The number of fused-ring (bicyclic) bond motifs is 1. The van der Waals surface area contributed by atoms with Crippen molar-refractivity contribution < 1.29 is 18.0 Å². The van der Waals surface area contributed by atoms with Gasteiger partial charge in [0.1, 0.15) is 6.04 Å². The van der Waals surface area contributed by atoms with Crippen molar-refractivity contribution in [3.63, 3.8) is 0 Å². The van der Waals surface area contributed by atoms with E-state index in [1.807, 2.05) is 32.0 Å². The summed E-state index contributed by atoms with van der Waals surface area (Å²) in [6.45, 7) is 6.38. The van der Waals surface area contributed by atoms with Gasteiger partial charge in [0.15, 0.2) is 0 Å². The number of hydrogen-bond acceptors (Lipinski definition) is 4. The summed E-state index contributed by atoms with van der Waals surface area (Å²) in [5.74, 6) is -0.544. The van der Waals surface area contributed by atoms with Crippen LogP contribution in [0.1, 0.15) is 36.5 Å². The lowest BCUT2D eigenvalue weighted by atomic mass is 10.1. The van der Waals surface area contributed by atoms with E-state index in [0.717, 1.165) is 24.0 Å². The Morgan fingerprint density at radius 3 is 2.39 bits per heavy atom. The Kier molecular flexibility index (Phi) is 5.61. The normalized spacial score (nSPS) is 18.8. The number of aryl methyl sites for hydroxylation is 2. The lowest BCUT2D eigenvalue weighted by molar-refractivity contribution is -0.122. The molecule has 2 aliphatic heterocycles. The van der Waals surface area contributed by atoms with Gasteiger partial charge in [-0.05, 0) is 62.1 Å². The standard InChI is InChI=1S/C23H27N3O4S/c1-15-6-8-20(16(2)12-15)24-23(28)22-14-18-13-19(7-9-21(18)26(22)17(3)27)31(29,30)25-10-4-5-11-25/h6-9,12-13,22H,4-5,10-11,14H2,1-3H3,(H,24,28). The number of amides is 2. The van der Waals surface area contributed by atoms with E-state index in [-0.39, 0.29) is 23.1 Å². The Labute approximate surface area is 183 Å². The van der Waals surface area contributed by atoms with Crippen LogP contribution in [0.25, 0.3) is 0 Å². The SMILES string of the molecule is CC(=O)N1c2ccc(S(=O)(=O)N3CCCC3)cc2CC1C(=O)Nc1ccc(C)cc1C. The molecule has 7 nitrogen and oxygen atoms in total. The smallest absolute Gasteiger partial charge is 0.247 e. The van der Waals surface area contributed by atoms with Crippen molar-refractivity contribution in [2.75, 3.05) is 23.3 Å². The van der Waals surface area contributed by atoms with Crippen molar-refractivity contribution >= 4 is 33.2 Å². The molecule has 2 aliphatic rings. The fourth-order valence-electron chi connectivity index (χ4n) is 4.43. The lowest BCUT2D eigenvalue weighted by Crippen LogP contribution is -2.44. The van der Waals surface area contributed by atoms with Gasteiger partial charge in [0.05, 0.1) is 4.90 Å². The van der Waals surface area contributed by atoms with E-state index in [1.54, 1.807) is 12.1 Å². The van der Waals surface area contributed by atoms with Crippen molar-refractivity contribution in [2.45, 2.75) is 51.0 Å². The van der Waals surface area contributed by atoms with Crippen molar-refractivity contribution in [1.82, 2.24) is 4.31 Å². The molecule has 1 atom stereocenters. The third-order valence-electron chi connectivity index (χ3n) is 6.02. The highest BCUT2D eigenvalue weighted by molar-refractivity contribution is 7.89. The average molecular weight is 442 g/mol. The molecule has 2 aromatic rings. The van der Waals surface area contributed by atoms with E-state index in [0.29, 0.717) is 30.0 Å². The van der Waals surface area contributed by atoms with Crippen molar-refractivity contribution in [1.29, 1.82) is 0 Å². The van der Waals surface area contributed by atoms with Crippen LogP contribution in [0.15, 0.2) is 41.3 Å². The van der Waals surface area contributed by atoms with Gasteiger partial charge in [0, 0.05) is 37.8 Å². The zero-order valence-electron chi connectivity index (χ0n) is 18.0. The fraction of sp³-hybridized carbons (Fsp3) is 0.391. The highest BCUT2D eigenvalue weighted by Gasteiger charge is 2.38. The van der Waals surface area contributed by atoms with Crippen LogP contribution in [-0.2, 0) is 26.0 Å². The maximum absolute atomic E-state index is 13.1. The monoisotopic (exact) mass is 441 g/mol. The van der Waals surface area contributed by atoms with Gasteiger partial charge >= 0.3 is 0 Å². The Balaban J connectivity index is 1.62. The van der Waals surface area contributed by atoms with Crippen molar-refractivity contribution in [3.05, 3.63) is 53.1 Å². The number of carbonyl (C=O) groups is 2. The predicted molar refractivity (Wildman–Crippen MR) is 120 cm³/mol. The molecule has 1 fully saturated rings. The molecule has 1 unspecified atom stereocenters. The molecule has 164 valence electrons. The lowest BCUT2D eigenvalue weighted by Gasteiger charge is -2.24. The summed E-state index contributed by atoms with van der Waals surface area (Å²) in [7, 11) is -3.56. The predicted octanol–water partition coefficient (Wildman–Crippen LogP) is 3.00. The van der Waals surface area contributed by atoms with E-state index in [2.05, 4.69) is 5.32 Å². The quantitative estimate of drug-likeness (QED) is 0.790. The van der Waals surface area contributed by atoms with Crippen LogP contribution < -0.4 is 10.2 Å². The third kappa shape index (κ3) is 3.97. The molecule has 1 N–H and O–H groups in total. The van der Waals surface area contributed by atoms with Gasteiger partial charge in [0.25, 0.3) is 0 Å². The van der Waals surface area contributed by atoms with Gasteiger partial charge in [0.2, 0.25) is 21.8 Å². The summed E-state index contributed by atoms with van der Waals surface area (Å²) in [5, 5.41) is 2.93. The largest absolute Gasteiger partial charge is 0.324 e. The van der Waals surface area contributed by atoms with E-state index in [9.17, 15) is 18.0 Å². The van der Waals surface area contributed by atoms with Crippen molar-refractivity contribution in [2.24, 2.45) is 0 Å². The Hall–Kier alpha value is -2.71. The number of carbonyl (C=O) groups excluding carboxylic acids is 2. The molecule has 0 spiro atoms. The first-order valence-corrected chi connectivity index (χ1v) is 11.9. The molecule has 0 aromatic heterocycles. The summed E-state index contributed by atoms with van der Waals surface area (Å²) >= 11 is 0. The number of anilines is 2. The molecule has 31 heavy (non-hydrogen) atoms. The van der Waals surface area contributed by atoms with Gasteiger partial charge < -0.3 is 5.32 Å². The van der Waals surface area contributed by atoms with Crippen LogP contribution in [0.4, 0.5) is 11.4 Å². The molecular formula is C23H27N3O4S. The molecule has 4 rings (SSSR count). The number of nitrogens with one attached hydrogen (secondary N) is 1. The minimum absolute atomic E-state index is 0.215. The summed E-state index contributed by atoms with van der Waals surface area (Å²) < 4.78 is 27.4. The van der Waals surface area contributed by atoms with E-state index in [4.69, 9.17) is 0 Å². The molecular weight excluding hydrogens is 414 g/mol. The first-order valence-electron chi connectivity index (χ1n) is 10.5. The molecule has 0 saturated carbocycles. The number of nitrogens with zero attached hydrogens (tertiary/aromatic N) is 2. The summed E-state index contributed by atoms with van der Waals surface area (Å²) in [6, 6.07) is 9.82. The van der Waals surface area contributed by atoms with E-state index >= 15 is 0 Å². The Bertz CT molecular complexity index is 1150. The number of rotatable bonds is 4. The maximum atomic E-state index is 13.1. The van der Waals surface area contributed by atoms with Crippen LogP contribution >= 0.6 is 0 Å². The molecule has 0 bridgehead atoms. The molecule has 0 aliphatic carbocycles. The minimum Gasteiger partial charge on any atom is -0.324 e. The zero-order chi connectivity index (χ0) is 22.3. The maximum Gasteiger partial charge on any atom is 0.247 e. The van der Waals surface area contributed by atoms with Gasteiger partial charge in [-0.2, -0.15) is 4.31 Å². The van der Waals surface area contributed by atoms with Gasteiger partial charge in [-0.15, -0.1) is 0 Å². The molecule has 2 heterocycles. The Morgan fingerprint density at radius 1 is 1.03 bits per heavy atom. The van der Waals surface area contributed by atoms with Crippen LogP contribution in [0.2, 0.25) is 0 Å². The second-order valence-electron chi connectivity index (χ2n) is 8.32. The van der Waals surface area contributed by atoms with Crippen LogP contribution in [0.3, 0.4) is 0 Å². The molecule has 0 radical (unpaired) electrons. The number of benzene rings is 2. The second kappa shape index (κ2) is 8.09. The zero-order valence-corrected chi connectivity index (χ0v) is 18.8. The van der Waals surface area contributed by atoms with Crippen LogP contribution in [0.5, 0.6) is 0 Å². The molecule has 8 heteroatoms. The van der Waals surface area contributed by atoms with E-state index in [1.165, 1.54) is 22.2 Å². The average Bonchev–Trinajstić information content (AvgIpc) is 3.37. The number of hydrogen-bond donors (Lipinski definition) is 1. The molecule has 2 aromatic carbocycles. The summed E-state index contributed by atoms with van der Waals surface area (Å²) in [5.41, 5.74) is 4.02. The highest BCUT2D eigenvalue weighted by Crippen LogP contribution is 2.35. The minimum atomic E-state index is -3.56. The van der Waals surface area contributed by atoms with Crippen molar-refractivity contribution in [3.8, 4) is 0 Å². The summed E-state index contributed by atoms with van der Waals surface area (Å²) in [6.07, 6.45) is 2.00. The first kappa shape index (κ1) is 21.5. The fourth-order valence-corrected chi connectivity index (χ4v) is 6.00. The second-order valence-corrected chi connectivity index (χ2v) is 10.3. The van der Waals surface area contributed by atoms with Crippen LogP contribution in [-0.4, -0.2) is 43.7 Å². The topological polar surface area (TPSA) is 86.8 Å². The van der Waals surface area contributed by atoms with Gasteiger partial charge in [-0.3, -0.25) is 14.5 Å². The summed E-state index contributed by atoms with van der Waals surface area (Å²) in [4.78, 5) is 27.2. The highest BCUT2D eigenvalue weighted by atomic mass is 32.2. The van der Waals surface area contributed by atoms with E-state index < -0.39 is 16.1 Å². The van der Waals surface area contributed by atoms with Gasteiger partial charge in [-0.1, -0.05) is 17.7 Å².